The maximum Gasteiger partial charge on any atom is 0.180 e. The average molecular weight is 190 g/mol. The lowest BCUT2D eigenvalue weighted by Crippen LogP contribution is -2.26. The molecule has 0 aliphatic rings. The van der Waals surface area contributed by atoms with Crippen LogP contribution in [0.15, 0.2) is 24.7 Å². The van der Waals surface area contributed by atoms with Crippen LogP contribution < -0.4 is 5.73 Å². The number of Topliss-reactive ketones (excluding diaryl/α,β-unsaturated/α-hetero) is 1. The Morgan fingerprint density at radius 2 is 2.36 bits per heavy atom. The number of pyridine rings is 1. The van der Waals surface area contributed by atoms with Crippen molar-refractivity contribution in [2.45, 2.75) is 13.0 Å². The number of hydrogen-bond donors (Lipinski definition) is 1. The molecule has 2 aromatic rings. The molecule has 5 nitrogen and oxygen atoms in total. The SMILES string of the molecule is CC(N)C(=O)c1ccc2ncnn2c1. The van der Waals surface area contributed by atoms with Gasteiger partial charge in [0, 0.05) is 11.8 Å². The lowest BCUT2D eigenvalue weighted by atomic mass is 10.1. The highest BCUT2D eigenvalue weighted by atomic mass is 16.1. The van der Waals surface area contributed by atoms with E-state index in [9.17, 15) is 4.79 Å². The minimum absolute atomic E-state index is 0.0950. The van der Waals surface area contributed by atoms with Crippen LogP contribution in [0, 0.1) is 0 Å². The molecule has 1 atom stereocenters. The van der Waals surface area contributed by atoms with Gasteiger partial charge in [-0.05, 0) is 19.1 Å². The summed E-state index contributed by atoms with van der Waals surface area (Å²) in [5.74, 6) is -0.0950. The number of rotatable bonds is 2. The predicted octanol–water partition coefficient (Wildman–Crippen LogP) is 0.259. The van der Waals surface area contributed by atoms with E-state index < -0.39 is 6.04 Å². The third kappa shape index (κ3) is 1.38. The van der Waals surface area contributed by atoms with Gasteiger partial charge in [0.2, 0.25) is 0 Å². The Hall–Kier alpha value is -1.75. The Bertz CT molecular complexity index is 474. The van der Waals surface area contributed by atoms with E-state index in [1.807, 2.05) is 0 Å². The van der Waals surface area contributed by atoms with Gasteiger partial charge in [0.25, 0.3) is 0 Å². The quantitative estimate of drug-likeness (QED) is 0.689. The van der Waals surface area contributed by atoms with Crippen LogP contribution in [0.3, 0.4) is 0 Å². The molecule has 14 heavy (non-hydrogen) atoms. The first-order valence-electron chi connectivity index (χ1n) is 4.27. The molecule has 0 saturated heterocycles. The van der Waals surface area contributed by atoms with E-state index in [1.165, 1.54) is 6.33 Å². The third-order valence-electron chi connectivity index (χ3n) is 1.97. The van der Waals surface area contributed by atoms with Gasteiger partial charge in [-0.25, -0.2) is 9.50 Å². The maximum absolute atomic E-state index is 11.5. The van der Waals surface area contributed by atoms with Crippen molar-refractivity contribution in [3.05, 3.63) is 30.2 Å². The molecule has 2 aromatic heterocycles. The standard InChI is InChI=1S/C9H10N4O/c1-6(10)9(14)7-2-3-8-11-5-12-13(8)4-7/h2-6H,10H2,1H3. The van der Waals surface area contributed by atoms with Gasteiger partial charge in [0.05, 0.1) is 6.04 Å². The molecule has 0 spiro atoms. The van der Waals surface area contributed by atoms with Crippen molar-refractivity contribution in [1.82, 2.24) is 14.6 Å². The molecule has 0 aromatic carbocycles. The molecule has 1 unspecified atom stereocenters. The minimum atomic E-state index is -0.490. The molecule has 0 aliphatic carbocycles. The number of hydrogen-bond acceptors (Lipinski definition) is 4. The van der Waals surface area contributed by atoms with E-state index in [0.29, 0.717) is 11.2 Å². The van der Waals surface area contributed by atoms with E-state index in [-0.39, 0.29) is 5.78 Å². The second-order valence-electron chi connectivity index (χ2n) is 3.13. The summed E-state index contributed by atoms with van der Waals surface area (Å²) in [6.07, 6.45) is 3.07. The number of carbonyl (C=O) groups excluding carboxylic acids is 1. The molecule has 0 saturated carbocycles. The monoisotopic (exact) mass is 190 g/mol. The molecule has 0 amide bonds. The van der Waals surface area contributed by atoms with Crippen LogP contribution in [-0.2, 0) is 0 Å². The van der Waals surface area contributed by atoms with Crippen LogP contribution in [0.4, 0.5) is 0 Å². The van der Waals surface area contributed by atoms with Crippen molar-refractivity contribution in [3.63, 3.8) is 0 Å². The molecule has 0 fully saturated rings. The largest absolute Gasteiger partial charge is 0.321 e. The van der Waals surface area contributed by atoms with E-state index in [2.05, 4.69) is 10.1 Å². The van der Waals surface area contributed by atoms with Gasteiger partial charge in [0.1, 0.15) is 6.33 Å². The van der Waals surface area contributed by atoms with Gasteiger partial charge in [-0.3, -0.25) is 4.79 Å². The summed E-state index contributed by atoms with van der Waals surface area (Å²) in [5.41, 5.74) is 6.76. The Morgan fingerprint density at radius 1 is 1.57 bits per heavy atom. The van der Waals surface area contributed by atoms with Gasteiger partial charge in [-0.15, -0.1) is 0 Å². The number of nitrogens with zero attached hydrogens (tertiary/aromatic N) is 3. The van der Waals surface area contributed by atoms with Crippen molar-refractivity contribution in [1.29, 1.82) is 0 Å². The summed E-state index contributed by atoms with van der Waals surface area (Å²) >= 11 is 0. The Kier molecular flexibility index (Phi) is 2.01. The summed E-state index contributed by atoms with van der Waals surface area (Å²) in [6, 6.07) is 2.95. The molecule has 0 bridgehead atoms. The second-order valence-corrected chi connectivity index (χ2v) is 3.13. The zero-order chi connectivity index (χ0) is 10.1. The molecule has 5 heteroatoms. The van der Waals surface area contributed by atoms with Crippen molar-refractivity contribution in [2.75, 3.05) is 0 Å². The second kappa shape index (κ2) is 3.19. The summed E-state index contributed by atoms with van der Waals surface area (Å²) in [6.45, 7) is 1.66. The number of aromatic nitrogens is 3. The molecule has 0 radical (unpaired) electrons. The predicted molar refractivity (Wildman–Crippen MR) is 51.0 cm³/mol. The first-order valence-corrected chi connectivity index (χ1v) is 4.27. The van der Waals surface area contributed by atoms with Crippen LogP contribution in [0.25, 0.3) is 5.65 Å². The maximum atomic E-state index is 11.5. The number of fused-ring (bicyclic) bond motifs is 1. The molecule has 2 N–H and O–H groups in total. The molecular formula is C9H10N4O. The van der Waals surface area contributed by atoms with Gasteiger partial charge in [0.15, 0.2) is 11.4 Å². The highest BCUT2D eigenvalue weighted by Gasteiger charge is 2.11. The minimum Gasteiger partial charge on any atom is -0.321 e. The molecular weight excluding hydrogens is 180 g/mol. The van der Waals surface area contributed by atoms with Crippen molar-refractivity contribution in [2.24, 2.45) is 5.73 Å². The molecule has 72 valence electrons. The van der Waals surface area contributed by atoms with Crippen LogP contribution in [0.5, 0.6) is 0 Å². The first-order chi connectivity index (χ1) is 6.68. The highest BCUT2D eigenvalue weighted by Crippen LogP contribution is 2.05. The topological polar surface area (TPSA) is 73.3 Å². The van der Waals surface area contributed by atoms with Crippen LogP contribution in [-0.4, -0.2) is 26.4 Å². The average Bonchev–Trinajstić information content (AvgIpc) is 2.62. The normalized spacial score (nSPS) is 13.0. The van der Waals surface area contributed by atoms with Crippen molar-refractivity contribution in [3.8, 4) is 0 Å². The fraction of sp³-hybridized carbons (Fsp3) is 0.222. The highest BCUT2D eigenvalue weighted by molar-refractivity contribution is 5.99. The van der Waals surface area contributed by atoms with Crippen molar-refractivity contribution >= 4 is 11.4 Å². The van der Waals surface area contributed by atoms with Gasteiger partial charge >= 0.3 is 0 Å². The van der Waals surface area contributed by atoms with E-state index in [4.69, 9.17) is 5.73 Å². The fourth-order valence-electron chi connectivity index (χ4n) is 1.23. The zero-order valence-electron chi connectivity index (χ0n) is 7.71. The lowest BCUT2D eigenvalue weighted by Gasteiger charge is -2.03. The number of ketones is 1. The summed E-state index contributed by atoms with van der Waals surface area (Å²) in [4.78, 5) is 15.5. The molecule has 2 rings (SSSR count). The summed E-state index contributed by atoms with van der Waals surface area (Å²) < 4.78 is 1.55. The van der Waals surface area contributed by atoms with Gasteiger partial charge in [-0.1, -0.05) is 0 Å². The summed E-state index contributed by atoms with van der Waals surface area (Å²) in [5, 5.41) is 3.93. The Balaban J connectivity index is 2.48. The smallest absolute Gasteiger partial charge is 0.180 e. The number of nitrogens with two attached hydrogens (primary N) is 1. The van der Waals surface area contributed by atoms with Crippen molar-refractivity contribution < 1.29 is 4.79 Å². The first kappa shape index (κ1) is 8.83. The van der Waals surface area contributed by atoms with E-state index in [0.717, 1.165) is 0 Å². The van der Waals surface area contributed by atoms with Crippen LogP contribution in [0.2, 0.25) is 0 Å². The van der Waals surface area contributed by atoms with E-state index in [1.54, 1.807) is 29.8 Å². The van der Waals surface area contributed by atoms with E-state index >= 15 is 0 Å². The molecule has 0 aliphatic heterocycles. The third-order valence-corrected chi connectivity index (χ3v) is 1.97. The number of carbonyl (C=O) groups is 1. The van der Waals surface area contributed by atoms with Gasteiger partial charge < -0.3 is 5.73 Å². The Morgan fingerprint density at radius 3 is 3.07 bits per heavy atom. The van der Waals surface area contributed by atoms with Crippen LogP contribution >= 0.6 is 0 Å². The van der Waals surface area contributed by atoms with Crippen LogP contribution in [0.1, 0.15) is 17.3 Å². The lowest BCUT2D eigenvalue weighted by molar-refractivity contribution is 0.0967. The fourth-order valence-corrected chi connectivity index (χ4v) is 1.23. The summed E-state index contributed by atoms with van der Waals surface area (Å²) in [7, 11) is 0. The zero-order valence-corrected chi connectivity index (χ0v) is 7.71. The Labute approximate surface area is 80.6 Å². The van der Waals surface area contributed by atoms with Gasteiger partial charge in [-0.2, -0.15) is 5.10 Å². The molecule has 2 heterocycles.